The summed E-state index contributed by atoms with van der Waals surface area (Å²) in [6.07, 6.45) is 1.02. The second-order valence-electron chi connectivity index (χ2n) is 4.30. The predicted octanol–water partition coefficient (Wildman–Crippen LogP) is 1.21. The Morgan fingerprint density at radius 1 is 1.45 bits per heavy atom. The van der Waals surface area contributed by atoms with E-state index < -0.39 is 0 Å². The molecule has 1 heterocycles. The molecule has 0 amide bonds. The number of hydrogen-bond donors (Lipinski definition) is 1. The van der Waals surface area contributed by atoms with Crippen molar-refractivity contribution in [1.82, 2.24) is 5.32 Å². The molecule has 2 heteroatoms. The van der Waals surface area contributed by atoms with Crippen LogP contribution < -0.4 is 5.32 Å². The largest absolute Gasteiger partial charge is 0.316 e. The molecule has 1 unspecified atom stereocenters. The van der Waals surface area contributed by atoms with Crippen molar-refractivity contribution in [2.24, 2.45) is 11.3 Å². The highest BCUT2D eigenvalue weighted by molar-refractivity contribution is 5.86. The van der Waals surface area contributed by atoms with E-state index in [-0.39, 0.29) is 11.3 Å². The van der Waals surface area contributed by atoms with Crippen molar-refractivity contribution in [3.63, 3.8) is 0 Å². The van der Waals surface area contributed by atoms with Crippen LogP contribution in [0.2, 0.25) is 0 Å². The third kappa shape index (κ3) is 2.03. The lowest BCUT2D eigenvalue weighted by molar-refractivity contribution is -0.129. The molecule has 1 fully saturated rings. The van der Waals surface area contributed by atoms with Crippen molar-refractivity contribution >= 4 is 5.78 Å². The van der Waals surface area contributed by atoms with Crippen LogP contribution in [0.1, 0.15) is 27.2 Å². The molecule has 0 aromatic carbocycles. The molecule has 1 aliphatic heterocycles. The number of carbonyl (C=O) groups is 1. The first-order valence-electron chi connectivity index (χ1n) is 4.27. The van der Waals surface area contributed by atoms with E-state index in [1.54, 1.807) is 0 Å². The van der Waals surface area contributed by atoms with Gasteiger partial charge >= 0.3 is 0 Å². The highest BCUT2D eigenvalue weighted by Crippen LogP contribution is 2.23. The van der Waals surface area contributed by atoms with E-state index in [2.05, 4.69) is 5.32 Å². The third-order valence-corrected chi connectivity index (χ3v) is 2.17. The molecule has 64 valence electrons. The van der Waals surface area contributed by atoms with Crippen LogP contribution in [0.4, 0.5) is 0 Å². The first-order chi connectivity index (χ1) is 5.02. The molecule has 0 aromatic rings. The average molecular weight is 155 g/mol. The maximum atomic E-state index is 11.6. The van der Waals surface area contributed by atoms with E-state index in [9.17, 15) is 4.79 Å². The Labute approximate surface area is 68.4 Å². The third-order valence-electron chi connectivity index (χ3n) is 2.17. The first-order valence-corrected chi connectivity index (χ1v) is 4.27. The standard InChI is InChI=1S/C9H17NO/c1-9(2,3)8(11)7-4-5-10-6-7/h7,10H,4-6H2,1-3H3. The number of carbonyl (C=O) groups excluding carboxylic acids is 1. The number of rotatable bonds is 1. The van der Waals surface area contributed by atoms with Gasteiger partial charge in [-0.25, -0.2) is 0 Å². The van der Waals surface area contributed by atoms with Crippen LogP contribution in [0, 0.1) is 11.3 Å². The molecular weight excluding hydrogens is 138 g/mol. The molecule has 0 bridgehead atoms. The fourth-order valence-corrected chi connectivity index (χ4v) is 1.49. The zero-order valence-electron chi connectivity index (χ0n) is 7.61. The van der Waals surface area contributed by atoms with Gasteiger partial charge in [-0.2, -0.15) is 0 Å². The van der Waals surface area contributed by atoms with Gasteiger partial charge in [0.2, 0.25) is 0 Å². The van der Waals surface area contributed by atoms with Gasteiger partial charge in [0, 0.05) is 17.9 Å². The lowest BCUT2D eigenvalue weighted by atomic mass is 9.83. The minimum Gasteiger partial charge on any atom is -0.316 e. The molecule has 0 aliphatic carbocycles. The second-order valence-corrected chi connectivity index (χ2v) is 4.30. The zero-order valence-corrected chi connectivity index (χ0v) is 7.61. The number of Topliss-reactive ketones (excluding diaryl/α,β-unsaturated/α-hetero) is 1. The quantitative estimate of drug-likeness (QED) is 0.616. The minimum absolute atomic E-state index is 0.156. The van der Waals surface area contributed by atoms with Crippen LogP contribution in [-0.2, 0) is 4.79 Å². The monoisotopic (exact) mass is 155 g/mol. The maximum absolute atomic E-state index is 11.6. The van der Waals surface area contributed by atoms with Crippen molar-refractivity contribution in [3.05, 3.63) is 0 Å². The normalized spacial score (nSPS) is 25.5. The molecule has 0 spiro atoms. The SMILES string of the molecule is CC(C)(C)C(=O)C1CCNC1. The van der Waals surface area contributed by atoms with Gasteiger partial charge in [-0.05, 0) is 13.0 Å². The van der Waals surface area contributed by atoms with Crippen LogP contribution in [0.5, 0.6) is 0 Å². The molecule has 1 atom stereocenters. The molecule has 1 aliphatic rings. The van der Waals surface area contributed by atoms with Crippen LogP contribution in [0.25, 0.3) is 0 Å². The lowest BCUT2D eigenvalue weighted by Crippen LogP contribution is -2.29. The van der Waals surface area contributed by atoms with E-state index in [1.807, 2.05) is 20.8 Å². The highest BCUT2D eigenvalue weighted by atomic mass is 16.1. The van der Waals surface area contributed by atoms with Crippen LogP contribution in [-0.4, -0.2) is 18.9 Å². The summed E-state index contributed by atoms with van der Waals surface area (Å²) in [6, 6.07) is 0. The Kier molecular flexibility index (Phi) is 2.33. The molecule has 1 N–H and O–H groups in total. The Morgan fingerprint density at radius 2 is 2.09 bits per heavy atom. The Bertz CT molecular complexity index is 151. The molecule has 0 aromatic heterocycles. The maximum Gasteiger partial charge on any atom is 0.142 e. The molecular formula is C9H17NO. The van der Waals surface area contributed by atoms with Gasteiger partial charge in [-0.15, -0.1) is 0 Å². The van der Waals surface area contributed by atoms with Gasteiger partial charge in [0.05, 0.1) is 0 Å². The van der Waals surface area contributed by atoms with E-state index in [0.29, 0.717) is 5.78 Å². The highest BCUT2D eigenvalue weighted by Gasteiger charge is 2.30. The summed E-state index contributed by atoms with van der Waals surface area (Å²) in [5.74, 6) is 0.678. The van der Waals surface area contributed by atoms with Crippen molar-refractivity contribution < 1.29 is 4.79 Å². The summed E-state index contributed by atoms with van der Waals surface area (Å²) >= 11 is 0. The molecule has 11 heavy (non-hydrogen) atoms. The summed E-state index contributed by atoms with van der Waals surface area (Å²) in [4.78, 5) is 11.6. The Hall–Kier alpha value is -0.370. The average Bonchev–Trinajstić information content (AvgIpc) is 2.34. The summed E-state index contributed by atoms with van der Waals surface area (Å²) in [5, 5.41) is 3.20. The molecule has 1 saturated heterocycles. The van der Waals surface area contributed by atoms with E-state index >= 15 is 0 Å². The van der Waals surface area contributed by atoms with Crippen molar-refractivity contribution in [3.8, 4) is 0 Å². The van der Waals surface area contributed by atoms with E-state index in [1.165, 1.54) is 0 Å². The van der Waals surface area contributed by atoms with Gasteiger partial charge in [0.15, 0.2) is 0 Å². The summed E-state index contributed by atoms with van der Waals surface area (Å²) in [7, 11) is 0. The predicted molar refractivity (Wildman–Crippen MR) is 45.4 cm³/mol. The van der Waals surface area contributed by atoms with Crippen molar-refractivity contribution in [2.75, 3.05) is 13.1 Å². The molecule has 1 rings (SSSR count). The number of nitrogens with one attached hydrogen (secondary N) is 1. The van der Waals surface area contributed by atoms with Gasteiger partial charge in [-0.3, -0.25) is 4.79 Å². The molecule has 2 nitrogen and oxygen atoms in total. The second kappa shape index (κ2) is 2.94. The first kappa shape index (κ1) is 8.72. The number of ketones is 1. The Morgan fingerprint density at radius 3 is 2.45 bits per heavy atom. The van der Waals surface area contributed by atoms with Crippen LogP contribution in [0.3, 0.4) is 0 Å². The number of hydrogen-bond acceptors (Lipinski definition) is 2. The smallest absolute Gasteiger partial charge is 0.142 e. The van der Waals surface area contributed by atoms with Gasteiger partial charge in [0.1, 0.15) is 5.78 Å². The van der Waals surface area contributed by atoms with Crippen molar-refractivity contribution in [2.45, 2.75) is 27.2 Å². The Balaban J connectivity index is 2.53. The van der Waals surface area contributed by atoms with Gasteiger partial charge in [-0.1, -0.05) is 20.8 Å². The topological polar surface area (TPSA) is 29.1 Å². The van der Waals surface area contributed by atoms with E-state index in [0.717, 1.165) is 19.5 Å². The zero-order chi connectivity index (χ0) is 8.48. The summed E-state index contributed by atoms with van der Waals surface area (Å²) in [5.41, 5.74) is -0.156. The fraction of sp³-hybridized carbons (Fsp3) is 0.889. The summed E-state index contributed by atoms with van der Waals surface area (Å²) in [6.45, 7) is 7.87. The molecule has 0 radical (unpaired) electrons. The lowest BCUT2D eigenvalue weighted by Gasteiger charge is -2.20. The fourth-order valence-electron chi connectivity index (χ4n) is 1.49. The van der Waals surface area contributed by atoms with Gasteiger partial charge < -0.3 is 5.32 Å². The van der Waals surface area contributed by atoms with Crippen LogP contribution in [0.15, 0.2) is 0 Å². The van der Waals surface area contributed by atoms with Gasteiger partial charge in [0.25, 0.3) is 0 Å². The summed E-state index contributed by atoms with van der Waals surface area (Å²) < 4.78 is 0. The van der Waals surface area contributed by atoms with E-state index in [4.69, 9.17) is 0 Å². The minimum atomic E-state index is -0.156. The molecule has 0 saturated carbocycles. The van der Waals surface area contributed by atoms with Crippen LogP contribution >= 0.6 is 0 Å². The van der Waals surface area contributed by atoms with Crippen molar-refractivity contribution in [1.29, 1.82) is 0 Å².